The Morgan fingerprint density at radius 2 is 1.33 bits per heavy atom. The highest BCUT2D eigenvalue weighted by Crippen LogP contribution is 2.24. The Balaban J connectivity index is 1.73. The van der Waals surface area contributed by atoms with E-state index in [0.717, 1.165) is 13.0 Å². The van der Waals surface area contributed by atoms with Crippen molar-refractivity contribution >= 4 is 0 Å². The molecule has 2 nitrogen and oxygen atoms in total. The first-order valence-electron chi connectivity index (χ1n) is 9.59. The molecule has 21 heavy (non-hydrogen) atoms. The molecule has 0 aromatic heterocycles. The smallest absolute Gasteiger partial charge is 0.0809 e. The van der Waals surface area contributed by atoms with E-state index in [2.05, 4.69) is 6.92 Å². The zero-order valence-corrected chi connectivity index (χ0v) is 14.3. The van der Waals surface area contributed by atoms with Crippen molar-refractivity contribution in [2.24, 2.45) is 5.92 Å². The van der Waals surface area contributed by atoms with Crippen LogP contribution in [-0.2, 0) is 4.74 Å². The lowest BCUT2D eigenvalue weighted by Crippen LogP contribution is -2.09. The third-order valence-electron chi connectivity index (χ3n) is 4.83. The topological polar surface area (TPSA) is 29.5 Å². The fourth-order valence-electron chi connectivity index (χ4n) is 3.38. The fraction of sp³-hybridized carbons (Fsp3) is 1.00. The minimum Gasteiger partial charge on any atom is -0.394 e. The van der Waals surface area contributed by atoms with Gasteiger partial charge in [-0.25, -0.2) is 0 Å². The van der Waals surface area contributed by atoms with Gasteiger partial charge in [0.15, 0.2) is 0 Å². The van der Waals surface area contributed by atoms with Crippen LogP contribution in [0.3, 0.4) is 0 Å². The number of hydrogen-bond acceptors (Lipinski definition) is 2. The molecule has 0 unspecified atom stereocenters. The van der Waals surface area contributed by atoms with Crippen LogP contribution in [0.5, 0.6) is 0 Å². The van der Waals surface area contributed by atoms with Gasteiger partial charge in [-0.15, -0.1) is 0 Å². The minimum absolute atomic E-state index is 0.132. The fourth-order valence-corrected chi connectivity index (χ4v) is 3.38. The second kappa shape index (κ2) is 13.6. The van der Waals surface area contributed by atoms with Crippen LogP contribution in [0.4, 0.5) is 0 Å². The van der Waals surface area contributed by atoms with Crippen molar-refractivity contribution in [1.82, 2.24) is 0 Å². The van der Waals surface area contributed by atoms with Crippen molar-refractivity contribution in [1.29, 1.82) is 0 Å². The average Bonchev–Trinajstić information content (AvgIpc) is 2.96. The van der Waals surface area contributed by atoms with Crippen molar-refractivity contribution in [2.75, 3.05) is 13.2 Å². The number of unbranched alkanes of at least 4 members (excludes halogenated alkanes) is 11. The first-order valence-corrected chi connectivity index (χ1v) is 9.59. The second-order valence-corrected chi connectivity index (χ2v) is 6.92. The molecule has 0 bridgehead atoms. The molecule has 0 aromatic rings. The summed E-state index contributed by atoms with van der Waals surface area (Å²) in [4.78, 5) is 0. The van der Waals surface area contributed by atoms with Crippen molar-refractivity contribution in [3.05, 3.63) is 0 Å². The van der Waals surface area contributed by atoms with Crippen molar-refractivity contribution in [3.63, 3.8) is 0 Å². The molecule has 1 N–H and O–H groups in total. The lowest BCUT2D eigenvalue weighted by Gasteiger charge is -2.07. The van der Waals surface area contributed by atoms with Crippen LogP contribution in [0, 0.1) is 5.92 Å². The van der Waals surface area contributed by atoms with Gasteiger partial charge in [0.25, 0.3) is 0 Å². The molecule has 1 fully saturated rings. The third kappa shape index (κ3) is 10.3. The Morgan fingerprint density at radius 3 is 1.81 bits per heavy atom. The molecule has 0 aromatic carbocycles. The van der Waals surface area contributed by atoms with Gasteiger partial charge in [0, 0.05) is 6.61 Å². The molecule has 0 spiro atoms. The van der Waals surface area contributed by atoms with E-state index >= 15 is 0 Å². The van der Waals surface area contributed by atoms with E-state index in [1.54, 1.807) is 0 Å². The third-order valence-corrected chi connectivity index (χ3v) is 4.83. The summed E-state index contributed by atoms with van der Waals surface area (Å²) < 4.78 is 5.52. The molecule has 126 valence electrons. The van der Waals surface area contributed by atoms with Gasteiger partial charge < -0.3 is 9.84 Å². The van der Waals surface area contributed by atoms with E-state index in [4.69, 9.17) is 9.84 Å². The molecular weight excluding hydrogens is 260 g/mol. The minimum atomic E-state index is 0.132. The Morgan fingerprint density at radius 1 is 0.810 bits per heavy atom. The first-order chi connectivity index (χ1) is 10.4. The monoisotopic (exact) mass is 298 g/mol. The number of aliphatic hydroxyl groups is 1. The molecular formula is C19H38O2. The van der Waals surface area contributed by atoms with Gasteiger partial charge in [0.2, 0.25) is 0 Å². The summed E-state index contributed by atoms with van der Waals surface area (Å²) in [6.45, 7) is 3.36. The molecule has 1 rings (SSSR count). The summed E-state index contributed by atoms with van der Waals surface area (Å²) in [5, 5.41) is 9.03. The summed E-state index contributed by atoms with van der Waals surface area (Å²) in [5.74, 6) is 0.713. The molecule has 2 atom stereocenters. The molecule has 2 heteroatoms. The number of ether oxygens (including phenoxy) is 1. The van der Waals surface area contributed by atoms with Gasteiger partial charge in [-0.05, 0) is 18.8 Å². The second-order valence-electron chi connectivity index (χ2n) is 6.92. The van der Waals surface area contributed by atoms with E-state index < -0.39 is 0 Å². The van der Waals surface area contributed by atoms with Gasteiger partial charge in [-0.1, -0.05) is 84.0 Å². The molecule has 0 aliphatic carbocycles. The maximum atomic E-state index is 9.03. The van der Waals surface area contributed by atoms with Crippen molar-refractivity contribution < 1.29 is 9.84 Å². The molecule has 1 aliphatic heterocycles. The van der Waals surface area contributed by atoms with Crippen LogP contribution >= 0.6 is 0 Å². The van der Waals surface area contributed by atoms with E-state index in [9.17, 15) is 0 Å². The Labute approximate surface area is 132 Å². The molecule has 1 saturated heterocycles. The van der Waals surface area contributed by atoms with Crippen LogP contribution in [0.25, 0.3) is 0 Å². The quantitative estimate of drug-likeness (QED) is 0.431. The zero-order chi connectivity index (χ0) is 15.2. The van der Waals surface area contributed by atoms with Gasteiger partial charge in [0.1, 0.15) is 0 Å². The molecule has 1 heterocycles. The van der Waals surface area contributed by atoms with Gasteiger partial charge in [0.05, 0.1) is 12.7 Å². The van der Waals surface area contributed by atoms with Crippen molar-refractivity contribution in [2.45, 2.75) is 103 Å². The van der Waals surface area contributed by atoms with E-state index in [1.165, 1.54) is 83.5 Å². The lowest BCUT2D eigenvalue weighted by atomic mass is 9.97. The van der Waals surface area contributed by atoms with Crippen LogP contribution in [0.15, 0.2) is 0 Å². The largest absolute Gasteiger partial charge is 0.394 e. The highest BCUT2D eigenvalue weighted by Gasteiger charge is 2.23. The Kier molecular flexibility index (Phi) is 12.3. The summed E-state index contributed by atoms with van der Waals surface area (Å²) in [5.41, 5.74) is 0. The van der Waals surface area contributed by atoms with Gasteiger partial charge in [-0.3, -0.25) is 0 Å². The van der Waals surface area contributed by atoms with E-state index in [0.29, 0.717) is 5.92 Å². The average molecular weight is 299 g/mol. The van der Waals surface area contributed by atoms with Crippen LogP contribution in [0.2, 0.25) is 0 Å². The SMILES string of the molecule is CCCCCCCCCCCCCC[C@H]1CO[C@@H](CO)C1. The Hall–Kier alpha value is -0.0800. The molecule has 0 radical (unpaired) electrons. The van der Waals surface area contributed by atoms with Gasteiger partial charge >= 0.3 is 0 Å². The summed E-state index contributed by atoms with van der Waals surface area (Å²) in [6.07, 6.45) is 19.5. The summed E-state index contributed by atoms with van der Waals surface area (Å²) in [6, 6.07) is 0. The highest BCUT2D eigenvalue weighted by atomic mass is 16.5. The van der Waals surface area contributed by atoms with Crippen molar-refractivity contribution in [3.8, 4) is 0 Å². The Bertz CT molecular complexity index is 218. The van der Waals surface area contributed by atoms with Crippen LogP contribution in [-0.4, -0.2) is 24.4 Å². The predicted octanol–water partition coefficient (Wildman–Crippen LogP) is 5.48. The first kappa shape index (κ1) is 19.0. The summed E-state index contributed by atoms with van der Waals surface area (Å²) >= 11 is 0. The maximum Gasteiger partial charge on any atom is 0.0809 e. The number of rotatable bonds is 14. The molecule has 0 saturated carbocycles. The molecule has 0 amide bonds. The zero-order valence-electron chi connectivity index (χ0n) is 14.3. The predicted molar refractivity (Wildman–Crippen MR) is 90.6 cm³/mol. The lowest BCUT2D eigenvalue weighted by molar-refractivity contribution is 0.0571. The van der Waals surface area contributed by atoms with E-state index in [1.807, 2.05) is 0 Å². The molecule has 1 aliphatic rings. The standard InChI is InChI=1S/C19H38O2/c1-2-3-4-5-6-7-8-9-10-11-12-13-14-18-15-19(16-20)21-17-18/h18-20H,2-17H2,1H3/t18-,19-/m1/s1. The van der Waals surface area contributed by atoms with Crippen LogP contribution < -0.4 is 0 Å². The summed E-state index contributed by atoms with van der Waals surface area (Å²) in [7, 11) is 0. The van der Waals surface area contributed by atoms with Crippen LogP contribution in [0.1, 0.15) is 96.8 Å². The van der Waals surface area contributed by atoms with E-state index in [-0.39, 0.29) is 12.7 Å². The normalized spacial score (nSPS) is 22.0. The number of hydrogen-bond donors (Lipinski definition) is 1. The van der Waals surface area contributed by atoms with Gasteiger partial charge in [-0.2, -0.15) is 0 Å². The highest BCUT2D eigenvalue weighted by molar-refractivity contribution is 4.72. The number of aliphatic hydroxyl groups excluding tert-OH is 1. The maximum absolute atomic E-state index is 9.03.